The van der Waals surface area contributed by atoms with Crippen LogP contribution in [0.25, 0.3) is 11.1 Å². The van der Waals surface area contributed by atoms with Crippen LogP contribution in [-0.2, 0) is 0 Å². The van der Waals surface area contributed by atoms with Gasteiger partial charge in [0.15, 0.2) is 0 Å². The van der Waals surface area contributed by atoms with E-state index in [0.717, 1.165) is 11.1 Å². The second-order valence-electron chi connectivity index (χ2n) is 6.17. The molecule has 0 radical (unpaired) electrons. The van der Waals surface area contributed by atoms with Crippen LogP contribution in [0.1, 0.15) is 31.1 Å². The number of phenols is 2. The van der Waals surface area contributed by atoms with Gasteiger partial charge in [0.1, 0.15) is 11.5 Å². The van der Waals surface area contributed by atoms with Crippen molar-refractivity contribution in [2.45, 2.75) is 0 Å². The van der Waals surface area contributed by atoms with Gasteiger partial charge < -0.3 is 21.7 Å². The van der Waals surface area contributed by atoms with Gasteiger partial charge in [0.2, 0.25) is 0 Å². The predicted molar refractivity (Wildman–Crippen MR) is 121 cm³/mol. The highest BCUT2D eigenvalue weighted by molar-refractivity contribution is 6.70. The van der Waals surface area contributed by atoms with Gasteiger partial charge in [-0.25, -0.2) is 0 Å². The zero-order valence-electron chi connectivity index (χ0n) is 15.6. The maximum absolute atomic E-state index is 10.9. The van der Waals surface area contributed by atoms with Crippen LogP contribution < -0.4 is 11.5 Å². The molecule has 0 heterocycles. The molecule has 0 saturated heterocycles. The molecule has 0 aliphatic carbocycles. The number of benzene rings is 3. The van der Waals surface area contributed by atoms with Crippen LogP contribution in [0.3, 0.4) is 0 Å². The molecule has 7 nitrogen and oxygen atoms in total. The van der Waals surface area contributed by atoms with Crippen LogP contribution in [0.15, 0.2) is 54.6 Å². The lowest BCUT2D eigenvalue weighted by molar-refractivity contribution is 0.108. The number of carbonyl (C=O) groups excluding carboxylic acids is 3. The van der Waals surface area contributed by atoms with Crippen molar-refractivity contribution in [3.8, 4) is 22.6 Å². The van der Waals surface area contributed by atoms with E-state index in [-0.39, 0.29) is 28.2 Å². The maximum atomic E-state index is 10.9. The predicted octanol–water partition coefficient (Wildman–Crippen LogP) is 4.75. The Morgan fingerprint density at radius 2 is 0.871 bits per heavy atom. The highest BCUT2D eigenvalue weighted by atomic mass is 35.5. The molecule has 0 aromatic heterocycles. The SMILES string of the molecule is Nc1ccc(-c2ccc(N)c(O)c2)cc1O.O=C(Cl)c1cc(C(=O)Cl)cc(C(=O)Cl)c1. The summed E-state index contributed by atoms with van der Waals surface area (Å²) in [6.45, 7) is 0. The van der Waals surface area contributed by atoms with Gasteiger partial charge in [-0.15, -0.1) is 0 Å². The Balaban J connectivity index is 0.000000221. The van der Waals surface area contributed by atoms with Crippen molar-refractivity contribution in [1.29, 1.82) is 0 Å². The Kier molecular flexibility index (Phi) is 7.88. The van der Waals surface area contributed by atoms with Crippen molar-refractivity contribution in [2.24, 2.45) is 0 Å². The van der Waals surface area contributed by atoms with E-state index in [1.165, 1.54) is 18.2 Å². The van der Waals surface area contributed by atoms with Gasteiger partial charge in [-0.2, -0.15) is 0 Å². The third-order valence-corrected chi connectivity index (χ3v) is 4.66. The van der Waals surface area contributed by atoms with Crippen LogP contribution in [0.2, 0.25) is 0 Å². The molecule has 3 rings (SSSR count). The first-order chi connectivity index (χ1) is 14.5. The Bertz CT molecular complexity index is 1050. The van der Waals surface area contributed by atoms with Crippen LogP contribution >= 0.6 is 34.8 Å². The van der Waals surface area contributed by atoms with Gasteiger partial charge in [0, 0.05) is 16.7 Å². The van der Waals surface area contributed by atoms with E-state index >= 15 is 0 Å². The molecule has 160 valence electrons. The van der Waals surface area contributed by atoms with Crippen molar-refractivity contribution < 1.29 is 24.6 Å². The zero-order valence-corrected chi connectivity index (χ0v) is 17.9. The van der Waals surface area contributed by atoms with Gasteiger partial charge >= 0.3 is 0 Å². The number of anilines is 2. The lowest BCUT2D eigenvalue weighted by Crippen LogP contribution is -2.00. The highest BCUT2D eigenvalue weighted by Gasteiger charge is 2.13. The van der Waals surface area contributed by atoms with Crippen molar-refractivity contribution >= 4 is 61.9 Å². The first-order valence-corrected chi connectivity index (χ1v) is 9.55. The molecule has 10 heteroatoms. The molecule has 0 saturated carbocycles. The molecule has 31 heavy (non-hydrogen) atoms. The first kappa shape index (κ1) is 24.0. The molecule has 6 N–H and O–H groups in total. The number of carbonyl (C=O) groups is 3. The number of hydrogen-bond donors (Lipinski definition) is 4. The summed E-state index contributed by atoms with van der Waals surface area (Å²) in [5, 5.41) is 16.6. The molecule has 0 aliphatic heterocycles. The van der Waals surface area contributed by atoms with Gasteiger partial charge in [-0.05, 0) is 88.4 Å². The molecule has 0 bridgehead atoms. The summed E-state index contributed by atoms with van der Waals surface area (Å²) in [4.78, 5) is 32.6. The molecule has 0 aliphatic rings. The topological polar surface area (TPSA) is 144 Å². The molecular formula is C21H15Cl3N2O5. The van der Waals surface area contributed by atoms with Crippen LogP contribution in [-0.4, -0.2) is 25.9 Å². The van der Waals surface area contributed by atoms with E-state index in [2.05, 4.69) is 0 Å². The van der Waals surface area contributed by atoms with E-state index in [1.807, 2.05) is 0 Å². The van der Waals surface area contributed by atoms with Crippen LogP contribution in [0, 0.1) is 0 Å². The van der Waals surface area contributed by atoms with Crippen LogP contribution in [0.4, 0.5) is 11.4 Å². The third kappa shape index (κ3) is 6.36. The van der Waals surface area contributed by atoms with Gasteiger partial charge in [-0.3, -0.25) is 14.4 Å². The first-order valence-electron chi connectivity index (χ1n) is 8.41. The summed E-state index contributed by atoms with van der Waals surface area (Å²) in [7, 11) is 0. The molecule has 0 atom stereocenters. The molecule has 0 fully saturated rings. The van der Waals surface area contributed by atoms with E-state index in [4.69, 9.17) is 46.3 Å². The average Bonchev–Trinajstić information content (AvgIpc) is 2.72. The Morgan fingerprint density at radius 3 is 1.10 bits per heavy atom. The minimum absolute atomic E-state index is 0.00725. The summed E-state index contributed by atoms with van der Waals surface area (Å²) in [5.74, 6) is 0.0441. The minimum Gasteiger partial charge on any atom is -0.506 e. The van der Waals surface area contributed by atoms with E-state index in [1.54, 1.807) is 36.4 Å². The fourth-order valence-electron chi connectivity index (χ4n) is 2.41. The Labute approximate surface area is 191 Å². The lowest BCUT2D eigenvalue weighted by Gasteiger charge is -2.06. The number of hydrogen-bond acceptors (Lipinski definition) is 7. The van der Waals surface area contributed by atoms with Crippen molar-refractivity contribution in [3.63, 3.8) is 0 Å². The summed E-state index contributed by atoms with van der Waals surface area (Å²) in [5.41, 5.74) is 13.2. The smallest absolute Gasteiger partial charge is 0.252 e. The number of nitrogen functional groups attached to an aromatic ring is 2. The van der Waals surface area contributed by atoms with Gasteiger partial charge in [0.25, 0.3) is 15.7 Å². The van der Waals surface area contributed by atoms with E-state index in [9.17, 15) is 24.6 Å². The summed E-state index contributed by atoms with van der Waals surface area (Å²) < 4.78 is 0. The monoisotopic (exact) mass is 480 g/mol. The summed E-state index contributed by atoms with van der Waals surface area (Å²) >= 11 is 15.6. The fourth-order valence-corrected chi connectivity index (χ4v) is 2.74. The number of phenolic OH excluding ortho intramolecular Hbond substituents is 2. The quantitative estimate of drug-likeness (QED) is 0.239. The normalized spacial score (nSPS) is 10.0. The number of aromatic hydroxyl groups is 2. The zero-order chi connectivity index (χ0) is 23.3. The van der Waals surface area contributed by atoms with E-state index < -0.39 is 15.7 Å². The van der Waals surface area contributed by atoms with Crippen molar-refractivity contribution in [1.82, 2.24) is 0 Å². The Hall–Kier alpha value is -3.26. The second kappa shape index (κ2) is 10.2. The standard InChI is InChI=1S/C12H12N2O2.C9H3Cl3O3/c13-9-3-1-7(5-11(9)15)8-2-4-10(14)12(16)6-8;10-7(13)4-1-5(8(11)14)3-6(2-4)9(12)15/h1-6,15-16H,13-14H2;1-3H. The van der Waals surface area contributed by atoms with Gasteiger partial charge in [-0.1, -0.05) is 12.1 Å². The van der Waals surface area contributed by atoms with Crippen molar-refractivity contribution in [3.05, 3.63) is 71.3 Å². The summed E-state index contributed by atoms with van der Waals surface area (Å²) in [6.07, 6.45) is 0. The Morgan fingerprint density at radius 1 is 0.581 bits per heavy atom. The molecule has 3 aromatic carbocycles. The highest BCUT2D eigenvalue weighted by Crippen LogP contribution is 2.31. The second-order valence-corrected chi connectivity index (χ2v) is 7.20. The number of halogens is 3. The molecule has 0 amide bonds. The largest absolute Gasteiger partial charge is 0.506 e. The number of nitrogens with two attached hydrogens (primary N) is 2. The number of rotatable bonds is 4. The average molecular weight is 482 g/mol. The fraction of sp³-hybridized carbons (Fsp3) is 0. The van der Waals surface area contributed by atoms with Gasteiger partial charge in [0.05, 0.1) is 11.4 Å². The van der Waals surface area contributed by atoms with Crippen molar-refractivity contribution in [2.75, 3.05) is 11.5 Å². The molecule has 0 unspecified atom stereocenters. The minimum atomic E-state index is -0.797. The summed E-state index contributed by atoms with van der Waals surface area (Å²) in [6, 6.07) is 13.4. The van der Waals surface area contributed by atoms with E-state index in [0.29, 0.717) is 11.4 Å². The van der Waals surface area contributed by atoms with Crippen LogP contribution in [0.5, 0.6) is 11.5 Å². The molecule has 0 spiro atoms. The maximum Gasteiger partial charge on any atom is 0.252 e. The lowest BCUT2D eigenvalue weighted by atomic mass is 10.0. The third-order valence-electron chi connectivity index (χ3n) is 4.01. The molecular weight excluding hydrogens is 467 g/mol. The molecule has 3 aromatic rings.